The number of hydrogen-bond donors (Lipinski definition) is 1. The van der Waals surface area contributed by atoms with Crippen LogP contribution in [-0.2, 0) is 11.3 Å². The summed E-state index contributed by atoms with van der Waals surface area (Å²) in [5.41, 5.74) is 1.73. The van der Waals surface area contributed by atoms with Crippen LogP contribution in [0.15, 0.2) is 30.7 Å². The molecule has 200 valence electrons. The van der Waals surface area contributed by atoms with Gasteiger partial charge in [0.1, 0.15) is 29.9 Å². The van der Waals surface area contributed by atoms with Gasteiger partial charge in [-0.3, -0.25) is 4.68 Å². The molecule has 3 heterocycles. The summed E-state index contributed by atoms with van der Waals surface area (Å²) in [6.07, 6.45) is 0.735. The van der Waals surface area contributed by atoms with Gasteiger partial charge in [-0.15, -0.1) is 0 Å². The summed E-state index contributed by atoms with van der Waals surface area (Å²) in [5, 5.41) is 17.3. The van der Waals surface area contributed by atoms with Crippen molar-refractivity contribution in [2.45, 2.75) is 65.5 Å². The maximum absolute atomic E-state index is 14.9. The monoisotopic (exact) mass is 522 g/mol. The molecule has 2 unspecified atom stereocenters. The van der Waals surface area contributed by atoms with Crippen molar-refractivity contribution in [3.63, 3.8) is 0 Å². The second-order valence-electron chi connectivity index (χ2n) is 9.95. The van der Waals surface area contributed by atoms with Gasteiger partial charge in [-0.2, -0.15) is 15.3 Å². The van der Waals surface area contributed by atoms with Crippen LogP contribution in [0.25, 0.3) is 11.4 Å². The fourth-order valence-corrected chi connectivity index (χ4v) is 3.95. The van der Waals surface area contributed by atoms with Crippen LogP contribution < -0.4 is 10.1 Å². The van der Waals surface area contributed by atoms with Crippen LogP contribution in [0.3, 0.4) is 0 Å². The quantitative estimate of drug-likeness (QED) is 0.500. The van der Waals surface area contributed by atoms with Gasteiger partial charge in [0.15, 0.2) is 12.0 Å². The Morgan fingerprint density at radius 2 is 2.11 bits per heavy atom. The predicted octanol–water partition coefficient (Wildman–Crippen LogP) is 4.41. The molecule has 1 saturated heterocycles. The number of nitriles is 1. The van der Waals surface area contributed by atoms with Gasteiger partial charge in [-0.05, 0) is 52.8 Å². The molecule has 0 saturated carbocycles. The molecule has 12 heteroatoms. The lowest BCUT2D eigenvalue weighted by Crippen LogP contribution is -2.50. The molecule has 4 rings (SSSR count). The molecule has 11 nitrogen and oxygen atoms in total. The molecule has 0 aliphatic carbocycles. The van der Waals surface area contributed by atoms with Crippen molar-refractivity contribution in [3.8, 4) is 23.2 Å². The Hall–Kier alpha value is -4.27. The summed E-state index contributed by atoms with van der Waals surface area (Å²) in [5.74, 6) is 0.953. The summed E-state index contributed by atoms with van der Waals surface area (Å²) in [7, 11) is 0. The molecule has 0 spiro atoms. The molecule has 38 heavy (non-hydrogen) atoms. The number of likely N-dealkylation sites (tertiary alicyclic amines) is 1. The number of rotatable bonds is 6. The number of nitrogens with one attached hydrogen (secondary N) is 1. The minimum Gasteiger partial charge on any atom is -0.486 e. The van der Waals surface area contributed by atoms with E-state index in [0.717, 1.165) is 17.9 Å². The van der Waals surface area contributed by atoms with Crippen molar-refractivity contribution in [1.29, 1.82) is 5.26 Å². The molecule has 2 atom stereocenters. The number of aromatic nitrogens is 5. The lowest BCUT2D eigenvalue weighted by molar-refractivity contribution is -0.0106. The van der Waals surface area contributed by atoms with Gasteiger partial charge < -0.3 is 19.7 Å². The predicted molar refractivity (Wildman–Crippen MR) is 138 cm³/mol. The maximum Gasteiger partial charge on any atom is 0.410 e. The minimum atomic E-state index is -1.43. The number of hydrogen-bond acceptors (Lipinski definition) is 9. The zero-order chi connectivity index (χ0) is 27.4. The first-order valence-corrected chi connectivity index (χ1v) is 12.4. The summed E-state index contributed by atoms with van der Waals surface area (Å²) in [6, 6.07) is 7.01. The molecule has 1 amide bonds. The molecular weight excluding hydrogens is 491 g/mol. The molecule has 1 aliphatic heterocycles. The number of carbonyl (C=O) groups excluding carboxylic acids is 1. The number of piperidine rings is 1. The molecule has 1 fully saturated rings. The number of carbonyl (C=O) groups is 1. The number of aryl methyl sites for hydroxylation is 2. The summed E-state index contributed by atoms with van der Waals surface area (Å²) >= 11 is 0. The van der Waals surface area contributed by atoms with E-state index < -0.39 is 24.0 Å². The molecule has 3 aromatic rings. The van der Waals surface area contributed by atoms with Crippen LogP contribution >= 0.6 is 0 Å². The van der Waals surface area contributed by atoms with E-state index in [4.69, 9.17) is 9.47 Å². The highest BCUT2D eigenvalue weighted by atomic mass is 19.1. The van der Waals surface area contributed by atoms with Gasteiger partial charge in [-0.1, -0.05) is 0 Å². The van der Waals surface area contributed by atoms with Crippen molar-refractivity contribution in [2.75, 3.05) is 18.4 Å². The van der Waals surface area contributed by atoms with Crippen LogP contribution in [-0.4, -0.2) is 66.7 Å². The van der Waals surface area contributed by atoms with Crippen molar-refractivity contribution in [1.82, 2.24) is 29.6 Å². The Kier molecular flexibility index (Phi) is 7.75. The summed E-state index contributed by atoms with van der Waals surface area (Å²) in [6.45, 7) is 10.1. The number of benzene rings is 1. The Morgan fingerprint density at radius 3 is 2.76 bits per heavy atom. The topological polar surface area (TPSA) is 131 Å². The van der Waals surface area contributed by atoms with Gasteiger partial charge >= 0.3 is 6.09 Å². The van der Waals surface area contributed by atoms with Gasteiger partial charge in [0.25, 0.3) is 0 Å². The van der Waals surface area contributed by atoms with E-state index in [0.29, 0.717) is 17.3 Å². The third kappa shape index (κ3) is 6.34. The first-order chi connectivity index (χ1) is 18.1. The number of alkyl halides is 1. The normalized spacial score (nSPS) is 17.6. The van der Waals surface area contributed by atoms with E-state index in [2.05, 4.69) is 31.4 Å². The smallest absolute Gasteiger partial charge is 0.410 e. The number of anilines is 2. The van der Waals surface area contributed by atoms with Crippen LogP contribution in [0.4, 0.5) is 20.8 Å². The SMILES string of the molecule is CCn1cc(Nc2ncnc(-c3ccc(OC4CCN(C(=O)OC(C)(C)C)CC4F)c(C#N)c3)n2)c(C)n1. The highest BCUT2D eigenvalue weighted by Crippen LogP contribution is 2.29. The van der Waals surface area contributed by atoms with Gasteiger partial charge in [0, 0.05) is 31.3 Å². The molecule has 1 aliphatic rings. The van der Waals surface area contributed by atoms with E-state index in [1.54, 1.807) is 43.7 Å². The Balaban J connectivity index is 1.45. The molecule has 0 bridgehead atoms. The zero-order valence-corrected chi connectivity index (χ0v) is 22.1. The average Bonchev–Trinajstić information content (AvgIpc) is 3.23. The van der Waals surface area contributed by atoms with Gasteiger partial charge in [0.2, 0.25) is 5.95 Å². The van der Waals surface area contributed by atoms with Crippen molar-refractivity contribution in [3.05, 3.63) is 42.0 Å². The van der Waals surface area contributed by atoms with E-state index in [9.17, 15) is 14.4 Å². The third-order valence-corrected chi connectivity index (χ3v) is 5.86. The Labute approximate surface area is 220 Å². The summed E-state index contributed by atoms with van der Waals surface area (Å²) in [4.78, 5) is 26.5. The first-order valence-electron chi connectivity index (χ1n) is 12.4. The van der Waals surface area contributed by atoms with E-state index >= 15 is 0 Å². The van der Waals surface area contributed by atoms with Crippen LogP contribution in [0.5, 0.6) is 5.75 Å². The number of halogens is 1. The lowest BCUT2D eigenvalue weighted by atomic mass is 10.1. The lowest BCUT2D eigenvalue weighted by Gasteiger charge is -2.35. The number of amides is 1. The fraction of sp³-hybridized carbons (Fsp3) is 0.462. The second-order valence-corrected chi connectivity index (χ2v) is 9.95. The van der Waals surface area contributed by atoms with Gasteiger partial charge in [0.05, 0.1) is 23.5 Å². The molecule has 0 radical (unpaired) electrons. The zero-order valence-electron chi connectivity index (χ0n) is 22.1. The molecular formula is C26H31FN8O3. The standard InChI is InChI=1S/C26H31FN8O3/c1-6-35-14-20(16(2)33-35)31-24-30-15-29-23(32-24)17-7-8-21(18(11-17)12-28)37-22-9-10-34(13-19(22)27)25(36)38-26(3,4)5/h7-8,11,14-15,19,22H,6,9-10,13H2,1-5H3,(H,29,30,31,32). The molecule has 1 N–H and O–H groups in total. The van der Waals surface area contributed by atoms with E-state index in [1.165, 1.54) is 11.2 Å². The number of ether oxygens (including phenoxy) is 2. The highest BCUT2D eigenvalue weighted by Gasteiger charge is 2.35. The molecule has 2 aromatic heterocycles. The maximum atomic E-state index is 14.9. The largest absolute Gasteiger partial charge is 0.486 e. The fourth-order valence-electron chi connectivity index (χ4n) is 3.95. The van der Waals surface area contributed by atoms with Crippen LogP contribution in [0.1, 0.15) is 45.4 Å². The van der Waals surface area contributed by atoms with E-state index in [1.807, 2.05) is 20.0 Å². The van der Waals surface area contributed by atoms with Crippen molar-refractivity contribution >= 4 is 17.7 Å². The molecule has 1 aromatic carbocycles. The Morgan fingerprint density at radius 1 is 1.32 bits per heavy atom. The third-order valence-electron chi connectivity index (χ3n) is 5.86. The van der Waals surface area contributed by atoms with Crippen LogP contribution in [0.2, 0.25) is 0 Å². The summed E-state index contributed by atoms with van der Waals surface area (Å²) < 4.78 is 28.0. The average molecular weight is 523 g/mol. The van der Waals surface area contributed by atoms with E-state index in [-0.39, 0.29) is 30.8 Å². The van der Waals surface area contributed by atoms with Crippen molar-refractivity contribution < 1.29 is 18.7 Å². The van der Waals surface area contributed by atoms with Gasteiger partial charge in [-0.25, -0.2) is 19.2 Å². The van der Waals surface area contributed by atoms with Crippen LogP contribution in [0, 0.1) is 18.3 Å². The Bertz CT molecular complexity index is 1350. The number of nitrogens with zero attached hydrogens (tertiary/aromatic N) is 7. The highest BCUT2D eigenvalue weighted by molar-refractivity contribution is 5.68. The minimum absolute atomic E-state index is 0.142. The van der Waals surface area contributed by atoms with Crippen molar-refractivity contribution in [2.24, 2.45) is 0 Å². The second kappa shape index (κ2) is 11.0. The first kappa shape index (κ1) is 26.8.